The van der Waals surface area contributed by atoms with Crippen molar-refractivity contribution in [1.29, 1.82) is 0 Å². The van der Waals surface area contributed by atoms with Crippen LogP contribution in [-0.2, 0) is 9.59 Å². The minimum atomic E-state index is -0.821. The largest absolute Gasteiger partial charge is 0.494 e. The summed E-state index contributed by atoms with van der Waals surface area (Å²) in [7, 11) is 0. The van der Waals surface area contributed by atoms with E-state index in [2.05, 4.69) is 0 Å². The van der Waals surface area contributed by atoms with Crippen molar-refractivity contribution in [2.45, 2.75) is 13.3 Å². The number of hydrogen-bond acceptors (Lipinski definition) is 4. The second-order valence-electron chi connectivity index (χ2n) is 5.73. The summed E-state index contributed by atoms with van der Waals surface area (Å²) in [5.41, 5.74) is 1.40. The van der Waals surface area contributed by atoms with Crippen molar-refractivity contribution in [1.82, 2.24) is 4.90 Å². The number of nitrogens with zero attached hydrogens (tertiary/aromatic N) is 2. The fourth-order valence-corrected chi connectivity index (χ4v) is 2.55. The fraction of sp³-hybridized carbons (Fsp3) is 0.211. The molecular weight excluding hydrogens is 320 g/mol. The molecule has 1 fully saturated rings. The van der Waals surface area contributed by atoms with Gasteiger partial charge in [0, 0.05) is 6.54 Å². The van der Waals surface area contributed by atoms with Crippen LogP contribution < -0.4 is 9.64 Å². The lowest BCUT2D eigenvalue weighted by Crippen LogP contribution is -2.34. The van der Waals surface area contributed by atoms with E-state index >= 15 is 0 Å². The summed E-state index contributed by atoms with van der Waals surface area (Å²) in [6.07, 6.45) is 0.446. The number of benzene rings is 2. The summed E-state index contributed by atoms with van der Waals surface area (Å²) in [4.78, 5) is 38.6. The highest BCUT2D eigenvalue weighted by Gasteiger charge is 2.44. The third kappa shape index (κ3) is 3.52. The first-order chi connectivity index (χ1) is 12.1. The van der Waals surface area contributed by atoms with Gasteiger partial charge in [-0.15, -0.1) is 0 Å². The maximum absolute atomic E-state index is 12.4. The minimum absolute atomic E-state index is 0.138. The molecule has 0 N–H and O–H groups in total. The number of imide groups is 2. The Hall–Kier alpha value is -3.15. The zero-order chi connectivity index (χ0) is 17.8. The number of carbonyl (C=O) groups excluding carboxylic acids is 3. The average molecular weight is 338 g/mol. The number of ether oxygens (including phenoxy) is 1. The van der Waals surface area contributed by atoms with Gasteiger partial charge in [0.1, 0.15) is 5.75 Å². The summed E-state index contributed by atoms with van der Waals surface area (Å²) < 4.78 is 5.54. The molecule has 3 rings (SSSR count). The average Bonchev–Trinajstić information content (AvgIpc) is 2.83. The summed E-state index contributed by atoms with van der Waals surface area (Å²) in [6.45, 7) is 2.39. The Morgan fingerprint density at radius 1 is 0.880 bits per heavy atom. The normalized spacial score (nSPS) is 14.4. The summed E-state index contributed by atoms with van der Waals surface area (Å²) in [6, 6.07) is 15.5. The van der Waals surface area contributed by atoms with Gasteiger partial charge in [-0.25, -0.2) is 9.69 Å². The monoisotopic (exact) mass is 338 g/mol. The number of para-hydroxylation sites is 1. The molecule has 2 aromatic carbocycles. The second-order valence-corrected chi connectivity index (χ2v) is 5.73. The van der Waals surface area contributed by atoms with Crippen LogP contribution in [0.1, 0.15) is 12.0 Å². The number of rotatable bonds is 6. The summed E-state index contributed by atoms with van der Waals surface area (Å²) in [5.74, 6) is -0.901. The van der Waals surface area contributed by atoms with E-state index in [0.29, 0.717) is 18.7 Å². The Bertz CT molecular complexity index is 787. The molecule has 0 radical (unpaired) electrons. The van der Waals surface area contributed by atoms with Gasteiger partial charge in [-0.3, -0.25) is 14.5 Å². The SMILES string of the molecule is Cc1ccc(N2C(=O)C(=O)N(CCCOc3ccccc3)C2=O)cc1. The van der Waals surface area contributed by atoms with Crippen molar-refractivity contribution in [3.63, 3.8) is 0 Å². The van der Waals surface area contributed by atoms with Gasteiger partial charge in [0.15, 0.2) is 0 Å². The van der Waals surface area contributed by atoms with Crippen LogP contribution in [0.5, 0.6) is 5.75 Å². The zero-order valence-corrected chi connectivity index (χ0v) is 13.8. The predicted octanol–water partition coefficient (Wildman–Crippen LogP) is 2.76. The molecule has 0 spiro atoms. The van der Waals surface area contributed by atoms with E-state index in [1.165, 1.54) is 0 Å². The van der Waals surface area contributed by atoms with Crippen molar-refractivity contribution in [3.05, 3.63) is 60.2 Å². The standard InChI is InChI=1S/C19H18N2O4/c1-14-8-10-15(11-9-14)21-18(23)17(22)20(19(21)24)12-5-13-25-16-6-3-2-4-7-16/h2-4,6-11H,5,12-13H2,1H3. The number of urea groups is 1. The van der Waals surface area contributed by atoms with Crippen molar-refractivity contribution in [2.24, 2.45) is 0 Å². The Labute approximate surface area is 145 Å². The Balaban J connectivity index is 1.60. The van der Waals surface area contributed by atoms with Crippen LogP contribution in [0.25, 0.3) is 0 Å². The van der Waals surface area contributed by atoms with Crippen LogP contribution in [-0.4, -0.2) is 35.9 Å². The molecule has 1 heterocycles. The van der Waals surface area contributed by atoms with Gasteiger partial charge in [-0.2, -0.15) is 0 Å². The highest BCUT2D eigenvalue weighted by molar-refractivity contribution is 6.52. The number of amides is 4. The molecule has 6 heteroatoms. The molecule has 2 aromatic rings. The lowest BCUT2D eigenvalue weighted by molar-refractivity contribution is -0.139. The first kappa shape index (κ1) is 16.7. The van der Waals surface area contributed by atoms with E-state index in [0.717, 1.165) is 21.1 Å². The number of hydrogen-bond donors (Lipinski definition) is 0. The molecule has 0 bridgehead atoms. The van der Waals surface area contributed by atoms with Crippen LogP contribution in [0.2, 0.25) is 0 Å². The highest BCUT2D eigenvalue weighted by atomic mass is 16.5. The van der Waals surface area contributed by atoms with Crippen molar-refractivity contribution < 1.29 is 19.1 Å². The summed E-state index contributed by atoms with van der Waals surface area (Å²) >= 11 is 0. The molecule has 0 aromatic heterocycles. The quantitative estimate of drug-likeness (QED) is 0.461. The molecule has 1 aliphatic heterocycles. The minimum Gasteiger partial charge on any atom is -0.494 e. The van der Waals surface area contributed by atoms with Gasteiger partial charge < -0.3 is 4.74 Å². The number of carbonyl (C=O) groups is 3. The lowest BCUT2D eigenvalue weighted by Gasteiger charge is -2.15. The van der Waals surface area contributed by atoms with E-state index in [1.54, 1.807) is 24.3 Å². The lowest BCUT2D eigenvalue weighted by atomic mass is 10.2. The highest BCUT2D eigenvalue weighted by Crippen LogP contribution is 2.22. The van der Waals surface area contributed by atoms with Gasteiger partial charge >= 0.3 is 17.8 Å². The molecule has 0 atom stereocenters. The summed E-state index contributed by atoms with van der Waals surface area (Å²) in [5, 5.41) is 0. The van der Waals surface area contributed by atoms with Gasteiger partial charge in [-0.05, 0) is 37.6 Å². The van der Waals surface area contributed by atoms with Crippen molar-refractivity contribution >= 4 is 23.5 Å². The molecule has 4 amide bonds. The molecule has 0 saturated carbocycles. The molecule has 1 aliphatic rings. The Morgan fingerprint density at radius 3 is 2.24 bits per heavy atom. The van der Waals surface area contributed by atoms with E-state index in [9.17, 15) is 14.4 Å². The van der Waals surface area contributed by atoms with Crippen LogP contribution in [0.3, 0.4) is 0 Å². The molecule has 1 saturated heterocycles. The molecular formula is C19H18N2O4. The van der Waals surface area contributed by atoms with Crippen molar-refractivity contribution in [3.8, 4) is 5.75 Å². The maximum Gasteiger partial charge on any atom is 0.338 e. The number of aryl methyl sites for hydroxylation is 1. The third-order valence-corrected chi connectivity index (χ3v) is 3.88. The first-order valence-corrected chi connectivity index (χ1v) is 8.02. The van der Waals surface area contributed by atoms with E-state index in [-0.39, 0.29) is 6.54 Å². The second kappa shape index (κ2) is 7.17. The van der Waals surface area contributed by atoms with Crippen LogP contribution in [0.4, 0.5) is 10.5 Å². The van der Waals surface area contributed by atoms with Crippen LogP contribution in [0, 0.1) is 6.92 Å². The third-order valence-electron chi connectivity index (χ3n) is 3.88. The van der Waals surface area contributed by atoms with Gasteiger partial charge in [0.2, 0.25) is 0 Å². The number of anilines is 1. The zero-order valence-electron chi connectivity index (χ0n) is 13.8. The van der Waals surface area contributed by atoms with Crippen molar-refractivity contribution in [2.75, 3.05) is 18.1 Å². The van der Waals surface area contributed by atoms with Gasteiger partial charge in [0.05, 0.1) is 12.3 Å². The van der Waals surface area contributed by atoms with Crippen LogP contribution in [0.15, 0.2) is 54.6 Å². The van der Waals surface area contributed by atoms with Gasteiger partial charge in [-0.1, -0.05) is 35.9 Å². The molecule has 0 unspecified atom stereocenters. The maximum atomic E-state index is 12.4. The predicted molar refractivity (Wildman–Crippen MR) is 92.3 cm³/mol. The molecule has 6 nitrogen and oxygen atoms in total. The van der Waals surface area contributed by atoms with Crippen LogP contribution >= 0.6 is 0 Å². The Kier molecular flexibility index (Phi) is 4.79. The van der Waals surface area contributed by atoms with E-state index < -0.39 is 17.8 Å². The van der Waals surface area contributed by atoms with Gasteiger partial charge in [0.25, 0.3) is 0 Å². The fourth-order valence-electron chi connectivity index (χ4n) is 2.55. The Morgan fingerprint density at radius 2 is 1.56 bits per heavy atom. The molecule has 25 heavy (non-hydrogen) atoms. The first-order valence-electron chi connectivity index (χ1n) is 8.02. The van der Waals surface area contributed by atoms with E-state index in [4.69, 9.17) is 4.74 Å². The van der Waals surface area contributed by atoms with E-state index in [1.807, 2.05) is 37.3 Å². The molecule has 128 valence electrons. The topological polar surface area (TPSA) is 66.9 Å². The molecule has 0 aliphatic carbocycles. The smallest absolute Gasteiger partial charge is 0.338 e.